The zero-order valence-corrected chi connectivity index (χ0v) is 16.8. The molecule has 0 saturated heterocycles. The normalized spacial score (nSPS) is 17.0. The highest BCUT2D eigenvalue weighted by molar-refractivity contribution is 7.13. The topological polar surface area (TPSA) is 66.1 Å². The van der Waals surface area contributed by atoms with Gasteiger partial charge in [0.25, 0.3) is 5.56 Å². The molecule has 1 aromatic carbocycles. The Morgan fingerprint density at radius 3 is 2.77 bits per heavy atom. The molecule has 30 heavy (non-hydrogen) atoms. The minimum Gasteiger partial charge on any atom is -0.368 e. The van der Waals surface area contributed by atoms with Crippen molar-refractivity contribution < 1.29 is 17.9 Å². The maximum Gasteiger partial charge on any atom is 0.431 e. The Kier molecular flexibility index (Phi) is 5.37. The molecule has 1 aliphatic carbocycles. The molecule has 3 aromatic rings. The Hall–Kier alpha value is -2.72. The van der Waals surface area contributed by atoms with Crippen LogP contribution in [0.2, 0.25) is 0 Å². The number of ether oxygens (including phenoxy) is 1. The molecule has 1 aliphatic rings. The molecule has 1 atom stereocenters. The van der Waals surface area contributed by atoms with Gasteiger partial charge in [-0.05, 0) is 49.0 Å². The average Bonchev–Trinajstić information content (AvgIpc) is 3.11. The fraction of sp³-hybridized carbons (Fsp3) is 0.350. The largest absolute Gasteiger partial charge is 0.431 e. The lowest BCUT2D eigenvalue weighted by Gasteiger charge is -2.16. The highest BCUT2D eigenvalue weighted by Crippen LogP contribution is 2.28. The van der Waals surface area contributed by atoms with Crippen LogP contribution in [0.1, 0.15) is 30.7 Å². The Balaban J connectivity index is 1.73. The van der Waals surface area contributed by atoms with Crippen LogP contribution in [0.5, 0.6) is 0 Å². The van der Waals surface area contributed by atoms with Gasteiger partial charge in [-0.25, -0.2) is 9.36 Å². The maximum absolute atomic E-state index is 13.1. The zero-order chi connectivity index (χ0) is 21.5. The number of rotatable bonds is 4. The van der Waals surface area contributed by atoms with Gasteiger partial charge >= 0.3 is 11.9 Å². The predicted molar refractivity (Wildman–Crippen MR) is 107 cm³/mol. The van der Waals surface area contributed by atoms with Crippen LogP contribution in [-0.4, -0.2) is 19.6 Å². The summed E-state index contributed by atoms with van der Waals surface area (Å²) >= 11 is 1.25. The number of halogens is 3. The van der Waals surface area contributed by atoms with E-state index in [-0.39, 0.29) is 18.4 Å². The van der Waals surface area contributed by atoms with Gasteiger partial charge in [-0.1, -0.05) is 12.2 Å². The summed E-state index contributed by atoms with van der Waals surface area (Å²) < 4.78 is 51.5. The quantitative estimate of drug-likeness (QED) is 0.583. The summed E-state index contributed by atoms with van der Waals surface area (Å²) in [6.45, 7) is 0.262. The number of fused-ring (bicyclic) bond motifs is 1. The van der Waals surface area contributed by atoms with E-state index >= 15 is 0 Å². The van der Waals surface area contributed by atoms with Crippen molar-refractivity contribution in [2.45, 2.75) is 38.1 Å². The highest BCUT2D eigenvalue weighted by Gasteiger charge is 2.35. The predicted octanol–water partition coefficient (Wildman–Crippen LogP) is 3.79. The summed E-state index contributed by atoms with van der Waals surface area (Å²) in [5.41, 5.74) is -2.56. The van der Waals surface area contributed by atoms with Crippen molar-refractivity contribution in [2.24, 2.45) is 7.05 Å². The van der Waals surface area contributed by atoms with E-state index in [0.717, 1.165) is 35.6 Å². The Labute approximate surface area is 173 Å². The number of allylic oxidation sites excluding steroid dienone is 1. The molecule has 2 heterocycles. The lowest BCUT2D eigenvalue weighted by Crippen LogP contribution is -2.40. The molecule has 0 spiro atoms. The third-order valence-corrected chi connectivity index (χ3v) is 5.91. The van der Waals surface area contributed by atoms with E-state index in [1.165, 1.54) is 17.6 Å². The minimum atomic E-state index is -4.80. The molecule has 1 unspecified atom stereocenters. The lowest BCUT2D eigenvalue weighted by atomic mass is 10.1. The van der Waals surface area contributed by atoms with Gasteiger partial charge < -0.3 is 4.74 Å². The van der Waals surface area contributed by atoms with Gasteiger partial charge in [-0.3, -0.25) is 9.36 Å². The fourth-order valence-corrected chi connectivity index (χ4v) is 4.22. The van der Waals surface area contributed by atoms with Gasteiger partial charge in [0.15, 0.2) is 0 Å². The van der Waals surface area contributed by atoms with Gasteiger partial charge in [-0.2, -0.15) is 17.5 Å². The number of alkyl halides is 3. The van der Waals surface area contributed by atoms with Crippen molar-refractivity contribution in [3.8, 4) is 5.69 Å². The van der Waals surface area contributed by atoms with Crippen molar-refractivity contribution in [3.63, 3.8) is 0 Å². The van der Waals surface area contributed by atoms with E-state index in [4.69, 9.17) is 4.74 Å². The van der Waals surface area contributed by atoms with E-state index in [1.54, 1.807) is 12.1 Å². The summed E-state index contributed by atoms with van der Waals surface area (Å²) in [6.07, 6.45) is 2.35. The van der Waals surface area contributed by atoms with Crippen LogP contribution in [0.25, 0.3) is 15.8 Å². The lowest BCUT2D eigenvalue weighted by molar-refractivity contribution is -0.144. The van der Waals surface area contributed by atoms with Crippen molar-refractivity contribution in [3.05, 3.63) is 68.6 Å². The van der Waals surface area contributed by atoms with Gasteiger partial charge in [-0.15, -0.1) is 0 Å². The van der Waals surface area contributed by atoms with Crippen LogP contribution < -0.4 is 11.2 Å². The zero-order valence-electron chi connectivity index (χ0n) is 16.0. The van der Waals surface area contributed by atoms with Crippen molar-refractivity contribution >= 4 is 21.6 Å². The first-order valence-corrected chi connectivity index (χ1v) is 10.1. The first kappa shape index (κ1) is 20.5. The number of hydrogen-bond donors (Lipinski definition) is 0. The summed E-state index contributed by atoms with van der Waals surface area (Å²) in [5.74, 6) is 0. The summed E-state index contributed by atoms with van der Waals surface area (Å²) in [6, 6.07) is 5.22. The monoisotopic (exact) mass is 437 g/mol. The number of aromatic nitrogens is 3. The summed E-state index contributed by atoms with van der Waals surface area (Å²) in [7, 11) is 0.989. The van der Waals surface area contributed by atoms with Crippen LogP contribution in [0.3, 0.4) is 0 Å². The molecule has 0 N–H and O–H groups in total. The smallest absolute Gasteiger partial charge is 0.368 e. The molecule has 0 radical (unpaired) electrons. The molecule has 158 valence electrons. The second-order valence-electron chi connectivity index (χ2n) is 7.06. The average molecular weight is 437 g/mol. The van der Waals surface area contributed by atoms with Crippen LogP contribution in [0.15, 0.2) is 46.0 Å². The fourth-order valence-electron chi connectivity index (χ4n) is 3.46. The molecular formula is C20H18F3N3O3S. The second-order valence-corrected chi connectivity index (χ2v) is 7.87. The van der Waals surface area contributed by atoms with Crippen LogP contribution in [0, 0.1) is 0 Å². The highest BCUT2D eigenvalue weighted by atomic mass is 32.1. The third kappa shape index (κ3) is 3.84. The Morgan fingerprint density at radius 1 is 1.27 bits per heavy atom. The van der Waals surface area contributed by atoms with Gasteiger partial charge in [0, 0.05) is 18.5 Å². The van der Waals surface area contributed by atoms with E-state index < -0.39 is 23.1 Å². The number of benzene rings is 1. The second kappa shape index (κ2) is 7.84. The van der Waals surface area contributed by atoms with Crippen LogP contribution in [0.4, 0.5) is 13.2 Å². The van der Waals surface area contributed by atoms with E-state index in [2.05, 4.69) is 10.4 Å². The summed E-state index contributed by atoms with van der Waals surface area (Å²) in [5, 5.41) is 0.700. The molecule has 0 bridgehead atoms. The Morgan fingerprint density at radius 2 is 2.07 bits per heavy atom. The molecule has 2 aromatic heterocycles. The SMILES string of the molecule is Cn1c(C(F)(F)F)cc(=O)n(-c2ccc3snc(COC4C=CCCC4)c3c2)c1=O. The first-order chi connectivity index (χ1) is 14.3. The Bertz CT molecular complexity index is 1240. The van der Waals surface area contributed by atoms with E-state index in [0.29, 0.717) is 21.7 Å². The molecule has 4 rings (SSSR count). The van der Waals surface area contributed by atoms with Crippen molar-refractivity contribution in [2.75, 3.05) is 0 Å². The molecule has 10 heteroatoms. The van der Waals surface area contributed by atoms with Gasteiger partial charge in [0.05, 0.1) is 28.8 Å². The van der Waals surface area contributed by atoms with Crippen LogP contribution in [-0.2, 0) is 24.6 Å². The number of nitrogens with zero attached hydrogens (tertiary/aromatic N) is 3. The van der Waals surface area contributed by atoms with Gasteiger partial charge in [0.2, 0.25) is 0 Å². The molecule has 0 amide bonds. The summed E-state index contributed by atoms with van der Waals surface area (Å²) in [4.78, 5) is 24.9. The van der Waals surface area contributed by atoms with E-state index in [9.17, 15) is 22.8 Å². The van der Waals surface area contributed by atoms with Crippen molar-refractivity contribution in [1.82, 2.24) is 13.5 Å². The van der Waals surface area contributed by atoms with Crippen LogP contribution >= 0.6 is 11.5 Å². The third-order valence-electron chi connectivity index (χ3n) is 5.04. The number of hydrogen-bond acceptors (Lipinski definition) is 5. The molecule has 0 saturated carbocycles. The molecule has 6 nitrogen and oxygen atoms in total. The van der Waals surface area contributed by atoms with Crippen molar-refractivity contribution in [1.29, 1.82) is 0 Å². The van der Waals surface area contributed by atoms with Gasteiger partial charge in [0.1, 0.15) is 5.69 Å². The molecule has 0 aliphatic heterocycles. The van der Waals surface area contributed by atoms with E-state index in [1.807, 2.05) is 6.08 Å². The molecular weight excluding hydrogens is 419 g/mol. The first-order valence-electron chi connectivity index (χ1n) is 9.33. The molecule has 0 fully saturated rings. The standard InChI is InChI=1S/C20H18F3N3O3S/c1-25-17(20(21,22)23)10-18(27)26(19(25)28)12-7-8-16-14(9-12)15(24-30-16)11-29-13-5-3-2-4-6-13/h3,5,7-10,13H,2,4,6,11H2,1H3. The minimum absolute atomic E-state index is 0.0171. The maximum atomic E-state index is 13.1.